The summed E-state index contributed by atoms with van der Waals surface area (Å²) in [5.74, 6) is -1.09. The number of hydrogen-bond acceptors (Lipinski definition) is 2. The Labute approximate surface area is 82.5 Å². The number of nitrogens with one attached hydrogen (secondary N) is 1. The zero-order chi connectivity index (χ0) is 11.4. The van der Waals surface area contributed by atoms with Crippen LogP contribution in [0.2, 0.25) is 0 Å². The molecule has 1 unspecified atom stereocenters. The van der Waals surface area contributed by atoms with Crippen molar-refractivity contribution in [2.45, 2.75) is 39.2 Å². The van der Waals surface area contributed by atoms with E-state index in [2.05, 4.69) is 0 Å². The van der Waals surface area contributed by atoms with Crippen LogP contribution in [-0.2, 0) is 4.79 Å². The highest BCUT2D eigenvalue weighted by atomic mass is 19.3. The van der Waals surface area contributed by atoms with E-state index in [-0.39, 0.29) is 12.5 Å². The van der Waals surface area contributed by atoms with E-state index in [1.165, 1.54) is 6.92 Å². The van der Waals surface area contributed by atoms with Gasteiger partial charge in [0.15, 0.2) is 0 Å². The van der Waals surface area contributed by atoms with Gasteiger partial charge in [-0.3, -0.25) is 4.79 Å². The number of halogens is 2. The topological polar surface area (TPSA) is 49.3 Å². The van der Waals surface area contributed by atoms with E-state index in [9.17, 15) is 18.7 Å². The molecule has 0 aliphatic carbocycles. The maximum absolute atomic E-state index is 11.8. The van der Waals surface area contributed by atoms with Gasteiger partial charge in [-0.1, -0.05) is 13.8 Å². The van der Waals surface area contributed by atoms with Crippen molar-refractivity contribution in [2.24, 2.45) is 5.92 Å². The van der Waals surface area contributed by atoms with E-state index in [1.807, 2.05) is 19.2 Å². The van der Waals surface area contributed by atoms with Crippen LogP contribution in [0.4, 0.5) is 8.78 Å². The molecule has 0 aliphatic heterocycles. The van der Waals surface area contributed by atoms with Gasteiger partial charge in [0.05, 0.1) is 5.60 Å². The van der Waals surface area contributed by atoms with Gasteiger partial charge in [-0.2, -0.15) is 8.78 Å². The van der Waals surface area contributed by atoms with Gasteiger partial charge in [-0.15, -0.1) is 0 Å². The van der Waals surface area contributed by atoms with Gasteiger partial charge in [0, 0.05) is 6.54 Å². The maximum Gasteiger partial charge on any atom is 0.315 e. The molecule has 2 N–H and O–H groups in total. The number of rotatable bonds is 5. The number of alkyl halides is 2. The average Bonchev–Trinajstić information content (AvgIpc) is 1.97. The standard InChI is InChI=1S/C9H17F2NO2/c1-6(2)4-9(3,14)5-12-8(13)7(10)11/h6-7,14H,4-5H2,1-3H3,(H,12,13). The molecule has 0 spiro atoms. The smallest absolute Gasteiger partial charge is 0.315 e. The lowest BCUT2D eigenvalue weighted by molar-refractivity contribution is -0.133. The van der Waals surface area contributed by atoms with E-state index >= 15 is 0 Å². The normalized spacial score (nSPS) is 15.7. The summed E-state index contributed by atoms with van der Waals surface area (Å²) in [5.41, 5.74) is -1.13. The second kappa shape index (κ2) is 5.24. The predicted octanol–water partition coefficient (Wildman–Crippen LogP) is 1.16. The number of aliphatic hydroxyl groups is 1. The van der Waals surface area contributed by atoms with Gasteiger partial charge in [0.1, 0.15) is 0 Å². The highest BCUT2D eigenvalue weighted by molar-refractivity contribution is 5.79. The lowest BCUT2D eigenvalue weighted by Crippen LogP contribution is -2.43. The first kappa shape index (κ1) is 13.3. The molecule has 0 aromatic carbocycles. The van der Waals surface area contributed by atoms with Gasteiger partial charge < -0.3 is 10.4 Å². The van der Waals surface area contributed by atoms with Crippen molar-refractivity contribution >= 4 is 5.91 Å². The highest BCUT2D eigenvalue weighted by Gasteiger charge is 2.24. The summed E-state index contributed by atoms with van der Waals surface area (Å²) in [4.78, 5) is 10.5. The fourth-order valence-electron chi connectivity index (χ4n) is 1.31. The number of hydrogen-bond donors (Lipinski definition) is 2. The Kier molecular flexibility index (Phi) is 4.97. The van der Waals surface area contributed by atoms with Crippen LogP contribution in [0.1, 0.15) is 27.2 Å². The van der Waals surface area contributed by atoms with E-state index in [0.29, 0.717) is 6.42 Å². The summed E-state index contributed by atoms with van der Waals surface area (Å²) in [6.45, 7) is 5.18. The molecule has 5 heteroatoms. The maximum atomic E-state index is 11.8. The molecule has 0 aromatic heterocycles. The van der Waals surface area contributed by atoms with Gasteiger partial charge in [0.2, 0.25) is 0 Å². The molecule has 3 nitrogen and oxygen atoms in total. The molecule has 14 heavy (non-hydrogen) atoms. The SMILES string of the molecule is CC(C)CC(C)(O)CNC(=O)C(F)F. The van der Waals surface area contributed by atoms with Crippen LogP contribution < -0.4 is 5.32 Å². The molecule has 0 bridgehead atoms. The van der Waals surface area contributed by atoms with Crippen molar-refractivity contribution < 1.29 is 18.7 Å². The summed E-state index contributed by atoms with van der Waals surface area (Å²) in [7, 11) is 0. The first-order valence-corrected chi connectivity index (χ1v) is 4.53. The Bertz CT molecular complexity index is 193. The quantitative estimate of drug-likeness (QED) is 0.714. The Balaban J connectivity index is 3.92. The van der Waals surface area contributed by atoms with Crippen LogP contribution in [0.25, 0.3) is 0 Å². The van der Waals surface area contributed by atoms with Crippen molar-refractivity contribution in [1.29, 1.82) is 0 Å². The third-order valence-corrected chi connectivity index (χ3v) is 1.69. The fourth-order valence-corrected chi connectivity index (χ4v) is 1.31. The van der Waals surface area contributed by atoms with Gasteiger partial charge >= 0.3 is 6.43 Å². The molecule has 0 fully saturated rings. The van der Waals surface area contributed by atoms with Crippen LogP contribution in [0.15, 0.2) is 0 Å². The van der Waals surface area contributed by atoms with Crippen molar-refractivity contribution in [3.05, 3.63) is 0 Å². The van der Waals surface area contributed by atoms with Gasteiger partial charge in [-0.25, -0.2) is 0 Å². The predicted molar refractivity (Wildman–Crippen MR) is 49.1 cm³/mol. The second-order valence-electron chi connectivity index (χ2n) is 4.11. The molecule has 0 aliphatic rings. The molecule has 1 atom stereocenters. The Morgan fingerprint density at radius 1 is 1.50 bits per heavy atom. The third-order valence-electron chi connectivity index (χ3n) is 1.69. The summed E-state index contributed by atoms with van der Waals surface area (Å²) >= 11 is 0. The van der Waals surface area contributed by atoms with Gasteiger partial charge in [-0.05, 0) is 19.3 Å². The first-order valence-electron chi connectivity index (χ1n) is 4.53. The van der Waals surface area contributed by atoms with E-state index in [4.69, 9.17) is 0 Å². The summed E-state index contributed by atoms with van der Waals surface area (Å²) in [6, 6.07) is 0. The van der Waals surface area contributed by atoms with Crippen LogP contribution >= 0.6 is 0 Å². The largest absolute Gasteiger partial charge is 0.388 e. The van der Waals surface area contributed by atoms with Crippen molar-refractivity contribution in [1.82, 2.24) is 5.32 Å². The van der Waals surface area contributed by atoms with Crippen molar-refractivity contribution in [2.75, 3.05) is 6.54 Å². The molecular weight excluding hydrogens is 192 g/mol. The minimum atomic E-state index is -3.02. The van der Waals surface area contributed by atoms with E-state index in [0.717, 1.165) is 0 Å². The summed E-state index contributed by atoms with van der Waals surface area (Å²) in [5, 5.41) is 11.6. The molecule has 0 aromatic rings. The van der Waals surface area contributed by atoms with E-state index in [1.54, 1.807) is 0 Å². The van der Waals surface area contributed by atoms with Crippen LogP contribution in [-0.4, -0.2) is 29.6 Å². The van der Waals surface area contributed by atoms with Crippen LogP contribution in [0.5, 0.6) is 0 Å². The fraction of sp³-hybridized carbons (Fsp3) is 0.889. The summed E-state index contributed by atoms with van der Waals surface area (Å²) in [6.07, 6.45) is -2.57. The Morgan fingerprint density at radius 3 is 2.36 bits per heavy atom. The molecule has 0 radical (unpaired) electrons. The first-order chi connectivity index (χ1) is 6.24. The second-order valence-corrected chi connectivity index (χ2v) is 4.11. The average molecular weight is 209 g/mol. The number of carbonyl (C=O) groups excluding carboxylic acids is 1. The monoisotopic (exact) mass is 209 g/mol. The minimum Gasteiger partial charge on any atom is -0.388 e. The highest BCUT2D eigenvalue weighted by Crippen LogP contribution is 2.15. The molecule has 0 saturated carbocycles. The lowest BCUT2D eigenvalue weighted by atomic mass is 9.94. The molecule has 0 rings (SSSR count). The lowest BCUT2D eigenvalue weighted by Gasteiger charge is -2.25. The molecular formula is C9H17F2NO2. The molecule has 0 saturated heterocycles. The molecule has 84 valence electrons. The molecule has 1 amide bonds. The van der Waals surface area contributed by atoms with Crippen LogP contribution in [0.3, 0.4) is 0 Å². The van der Waals surface area contributed by atoms with Crippen molar-refractivity contribution in [3.8, 4) is 0 Å². The Morgan fingerprint density at radius 2 is 2.00 bits per heavy atom. The zero-order valence-electron chi connectivity index (χ0n) is 8.68. The number of carbonyl (C=O) groups is 1. The van der Waals surface area contributed by atoms with E-state index < -0.39 is 17.9 Å². The van der Waals surface area contributed by atoms with Gasteiger partial charge in [0.25, 0.3) is 5.91 Å². The Hall–Kier alpha value is -0.710. The van der Waals surface area contributed by atoms with Crippen molar-refractivity contribution in [3.63, 3.8) is 0 Å². The number of amides is 1. The molecule has 0 heterocycles. The zero-order valence-corrected chi connectivity index (χ0v) is 8.68. The minimum absolute atomic E-state index is 0.144. The third kappa shape index (κ3) is 5.85. The summed E-state index contributed by atoms with van der Waals surface area (Å²) < 4.78 is 23.5. The van der Waals surface area contributed by atoms with Crippen LogP contribution in [0, 0.1) is 5.92 Å².